The standard InChI is InChI=1S/C16H18ClNO4/c1-9-6-11(17)10-8-13(14(19)21-5)18(12(10)7-9)15(20)22-16(2,3)4/h6-8H,1-5H3. The SMILES string of the molecule is COC(=O)c1cc2c(Cl)cc(C)cc2n1C(=O)OC(C)(C)C. The highest BCUT2D eigenvalue weighted by Gasteiger charge is 2.26. The molecular weight excluding hydrogens is 306 g/mol. The second-order valence-electron chi connectivity index (χ2n) is 6.02. The molecule has 1 aromatic heterocycles. The first-order valence-corrected chi connectivity index (χ1v) is 7.15. The van der Waals surface area contributed by atoms with E-state index in [0.29, 0.717) is 15.9 Å². The molecule has 2 aromatic rings. The highest BCUT2D eigenvalue weighted by molar-refractivity contribution is 6.36. The number of aryl methyl sites for hydroxylation is 1. The quantitative estimate of drug-likeness (QED) is 0.739. The van der Waals surface area contributed by atoms with Crippen LogP contribution in [-0.4, -0.2) is 29.3 Å². The molecule has 0 saturated carbocycles. The van der Waals surface area contributed by atoms with E-state index in [0.717, 1.165) is 5.56 Å². The lowest BCUT2D eigenvalue weighted by Crippen LogP contribution is -2.29. The third-order valence-electron chi connectivity index (χ3n) is 2.99. The first kappa shape index (κ1) is 16.4. The van der Waals surface area contributed by atoms with Gasteiger partial charge in [-0.25, -0.2) is 14.2 Å². The highest BCUT2D eigenvalue weighted by Crippen LogP contribution is 2.29. The minimum Gasteiger partial charge on any atom is -0.464 e. The molecule has 0 unspecified atom stereocenters. The molecule has 1 heterocycles. The van der Waals surface area contributed by atoms with Crippen molar-refractivity contribution in [1.82, 2.24) is 4.57 Å². The summed E-state index contributed by atoms with van der Waals surface area (Å²) in [5.74, 6) is -0.629. The highest BCUT2D eigenvalue weighted by atomic mass is 35.5. The van der Waals surface area contributed by atoms with E-state index < -0.39 is 17.7 Å². The van der Waals surface area contributed by atoms with Gasteiger partial charge in [0.1, 0.15) is 11.3 Å². The van der Waals surface area contributed by atoms with Crippen LogP contribution in [0.25, 0.3) is 10.9 Å². The Balaban J connectivity index is 2.72. The van der Waals surface area contributed by atoms with Crippen LogP contribution in [0.5, 0.6) is 0 Å². The summed E-state index contributed by atoms with van der Waals surface area (Å²) in [5.41, 5.74) is 0.782. The zero-order valence-electron chi connectivity index (χ0n) is 13.2. The van der Waals surface area contributed by atoms with Gasteiger partial charge in [0.15, 0.2) is 0 Å². The fourth-order valence-corrected chi connectivity index (χ4v) is 2.48. The van der Waals surface area contributed by atoms with Gasteiger partial charge in [0.05, 0.1) is 17.6 Å². The molecule has 118 valence electrons. The molecule has 5 nitrogen and oxygen atoms in total. The molecule has 0 saturated heterocycles. The van der Waals surface area contributed by atoms with Crippen LogP contribution >= 0.6 is 11.6 Å². The van der Waals surface area contributed by atoms with Crippen molar-refractivity contribution < 1.29 is 19.1 Å². The summed E-state index contributed by atoms with van der Waals surface area (Å²) in [6, 6.07) is 5.08. The van der Waals surface area contributed by atoms with Gasteiger partial charge in [0, 0.05) is 5.39 Å². The van der Waals surface area contributed by atoms with Crippen LogP contribution in [0.2, 0.25) is 5.02 Å². The Morgan fingerprint density at radius 3 is 2.36 bits per heavy atom. The Bertz CT molecular complexity index is 756. The van der Waals surface area contributed by atoms with Crippen molar-refractivity contribution in [2.75, 3.05) is 7.11 Å². The summed E-state index contributed by atoms with van der Waals surface area (Å²) < 4.78 is 11.3. The molecule has 0 aliphatic rings. The third-order valence-corrected chi connectivity index (χ3v) is 3.30. The molecule has 0 fully saturated rings. The summed E-state index contributed by atoms with van der Waals surface area (Å²) in [4.78, 5) is 24.5. The van der Waals surface area contributed by atoms with Gasteiger partial charge in [-0.1, -0.05) is 11.6 Å². The van der Waals surface area contributed by atoms with Crippen molar-refractivity contribution >= 4 is 34.6 Å². The van der Waals surface area contributed by atoms with Crippen LogP contribution in [0.4, 0.5) is 4.79 Å². The monoisotopic (exact) mass is 323 g/mol. The molecule has 0 bridgehead atoms. The van der Waals surface area contributed by atoms with Crippen LogP contribution in [-0.2, 0) is 9.47 Å². The van der Waals surface area contributed by atoms with E-state index in [2.05, 4.69) is 0 Å². The Hall–Kier alpha value is -2.01. The largest absolute Gasteiger partial charge is 0.464 e. The summed E-state index contributed by atoms with van der Waals surface area (Å²) in [5, 5.41) is 1.06. The maximum Gasteiger partial charge on any atom is 0.419 e. The zero-order valence-corrected chi connectivity index (χ0v) is 13.9. The van der Waals surface area contributed by atoms with Crippen molar-refractivity contribution in [1.29, 1.82) is 0 Å². The van der Waals surface area contributed by atoms with E-state index in [1.54, 1.807) is 32.9 Å². The third kappa shape index (κ3) is 3.09. The number of benzene rings is 1. The smallest absolute Gasteiger partial charge is 0.419 e. The van der Waals surface area contributed by atoms with Crippen molar-refractivity contribution in [3.8, 4) is 0 Å². The Kier molecular flexibility index (Phi) is 4.20. The fourth-order valence-electron chi connectivity index (χ4n) is 2.15. The minimum atomic E-state index is -0.686. The summed E-state index contributed by atoms with van der Waals surface area (Å²) in [6.45, 7) is 7.13. The number of methoxy groups -OCH3 is 1. The lowest BCUT2D eigenvalue weighted by atomic mass is 10.2. The van der Waals surface area contributed by atoms with Gasteiger partial charge in [0.2, 0.25) is 0 Å². The number of hydrogen-bond acceptors (Lipinski definition) is 4. The molecule has 0 aliphatic heterocycles. The number of carbonyl (C=O) groups is 2. The van der Waals surface area contributed by atoms with E-state index in [1.807, 2.05) is 6.92 Å². The molecular formula is C16H18ClNO4. The predicted octanol–water partition coefficient (Wildman–Crippen LogP) is 4.17. The molecule has 0 atom stereocenters. The second kappa shape index (κ2) is 5.65. The first-order valence-electron chi connectivity index (χ1n) is 6.77. The van der Waals surface area contributed by atoms with E-state index in [1.165, 1.54) is 17.7 Å². The molecule has 0 aliphatic carbocycles. The van der Waals surface area contributed by atoms with Crippen molar-refractivity contribution in [3.63, 3.8) is 0 Å². The number of aromatic nitrogens is 1. The van der Waals surface area contributed by atoms with Gasteiger partial charge in [-0.05, 0) is 51.5 Å². The number of carbonyl (C=O) groups excluding carboxylic acids is 2. The molecule has 6 heteroatoms. The fraction of sp³-hybridized carbons (Fsp3) is 0.375. The maximum atomic E-state index is 12.5. The Labute approximate surface area is 133 Å². The average Bonchev–Trinajstić information content (AvgIpc) is 2.75. The first-order chi connectivity index (χ1) is 10.1. The summed E-state index contributed by atoms with van der Waals surface area (Å²) in [7, 11) is 1.26. The van der Waals surface area contributed by atoms with Crippen LogP contribution in [0.3, 0.4) is 0 Å². The van der Waals surface area contributed by atoms with Crippen LogP contribution in [0.1, 0.15) is 36.8 Å². The van der Waals surface area contributed by atoms with Gasteiger partial charge >= 0.3 is 12.1 Å². The maximum absolute atomic E-state index is 12.5. The van der Waals surface area contributed by atoms with E-state index in [9.17, 15) is 9.59 Å². The normalized spacial score (nSPS) is 11.5. The van der Waals surface area contributed by atoms with Gasteiger partial charge in [0.25, 0.3) is 0 Å². The molecule has 0 radical (unpaired) electrons. The number of rotatable bonds is 1. The Morgan fingerprint density at radius 1 is 1.18 bits per heavy atom. The van der Waals surface area contributed by atoms with Crippen molar-refractivity contribution in [2.45, 2.75) is 33.3 Å². The summed E-state index contributed by atoms with van der Waals surface area (Å²) >= 11 is 6.22. The van der Waals surface area contributed by atoms with Gasteiger partial charge < -0.3 is 9.47 Å². The Morgan fingerprint density at radius 2 is 1.82 bits per heavy atom. The van der Waals surface area contributed by atoms with E-state index in [-0.39, 0.29) is 5.69 Å². The number of hydrogen-bond donors (Lipinski definition) is 0. The molecule has 0 N–H and O–H groups in total. The number of fused-ring (bicyclic) bond motifs is 1. The second-order valence-corrected chi connectivity index (χ2v) is 6.42. The zero-order chi connectivity index (χ0) is 16.7. The van der Waals surface area contributed by atoms with Crippen molar-refractivity contribution in [3.05, 3.63) is 34.5 Å². The lowest BCUT2D eigenvalue weighted by Gasteiger charge is -2.20. The average molecular weight is 324 g/mol. The minimum absolute atomic E-state index is 0.0826. The van der Waals surface area contributed by atoms with Crippen LogP contribution < -0.4 is 0 Å². The predicted molar refractivity (Wildman–Crippen MR) is 84.7 cm³/mol. The van der Waals surface area contributed by atoms with Gasteiger partial charge in [-0.2, -0.15) is 0 Å². The number of ether oxygens (including phenoxy) is 2. The molecule has 22 heavy (non-hydrogen) atoms. The van der Waals surface area contributed by atoms with Gasteiger partial charge in [-0.3, -0.25) is 0 Å². The molecule has 0 spiro atoms. The molecule has 0 amide bonds. The van der Waals surface area contributed by atoms with Crippen LogP contribution in [0, 0.1) is 6.92 Å². The summed E-state index contributed by atoms with van der Waals surface area (Å²) in [6.07, 6.45) is -0.649. The number of nitrogens with zero attached hydrogens (tertiary/aromatic N) is 1. The topological polar surface area (TPSA) is 57.5 Å². The van der Waals surface area contributed by atoms with Crippen molar-refractivity contribution in [2.24, 2.45) is 0 Å². The van der Waals surface area contributed by atoms with Crippen LogP contribution in [0.15, 0.2) is 18.2 Å². The number of halogens is 1. The lowest BCUT2D eigenvalue weighted by molar-refractivity contribution is 0.0489. The van der Waals surface area contributed by atoms with Gasteiger partial charge in [-0.15, -0.1) is 0 Å². The number of esters is 1. The van der Waals surface area contributed by atoms with E-state index in [4.69, 9.17) is 21.1 Å². The molecule has 1 aromatic carbocycles. The van der Waals surface area contributed by atoms with E-state index >= 15 is 0 Å². The molecule has 2 rings (SSSR count).